The Morgan fingerprint density at radius 3 is 2.35 bits per heavy atom. The molecule has 1 aromatic rings. The molecule has 5 nitrogen and oxygen atoms in total. The molecule has 2 saturated heterocycles. The second-order valence-electron chi connectivity index (χ2n) is 9.48. The highest BCUT2D eigenvalue weighted by molar-refractivity contribution is 5.95. The minimum absolute atomic E-state index is 0.0540. The lowest BCUT2D eigenvalue weighted by Crippen LogP contribution is -2.73. The smallest absolute Gasteiger partial charge is 0.407 e. The number of likely N-dealkylation sites (tertiary alicyclic amines) is 1. The van der Waals surface area contributed by atoms with Gasteiger partial charge in [0.05, 0.1) is 12.1 Å². The number of fused-ring (bicyclic) bond motifs is 1. The van der Waals surface area contributed by atoms with E-state index >= 15 is 0 Å². The number of hydrogen-bond donors (Lipinski definition) is 1. The van der Waals surface area contributed by atoms with Crippen LogP contribution in [-0.4, -0.2) is 42.1 Å². The van der Waals surface area contributed by atoms with Gasteiger partial charge in [0, 0.05) is 25.1 Å². The zero-order valence-corrected chi connectivity index (χ0v) is 16.1. The SMILES string of the molecule is CC1(C)CCC(C)(C)c2cc(C(=O)N3CC4(CCOC(=O)N4)C3)ccc21. The van der Waals surface area contributed by atoms with Gasteiger partial charge in [-0.1, -0.05) is 33.8 Å². The van der Waals surface area contributed by atoms with Crippen LogP contribution in [0.5, 0.6) is 0 Å². The van der Waals surface area contributed by atoms with Gasteiger partial charge in [0.15, 0.2) is 0 Å². The van der Waals surface area contributed by atoms with Crippen LogP contribution in [-0.2, 0) is 15.6 Å². The Labute approximate surface area is 155 Å². The molecule has 0 atom stereocenters. The first kappa shape index (κ1) is 17.4. The first-order valence-electron chi connectivity index (χ1n) is 9.51. The fourth-order valence-corrected chi connectivity index (χ4v) is 4.62. The van der Waals surface area contributed by atoms with E-state index in [2.05, 4.69) is 45.1 Å². The highest BCUT2D eigenvalue weighted by Gasteiger charge is 2.48. The lowest BCUT2D eigenvalue weighted by molar-refractivity contribution is -0.00112. The summed E-state index contributed by atoms with van der Waals surface area (Å²) in [4.78, 5) is 26.3. The van der Waals surface area contributed by atoms with Crippen LogP contribution in [0.25, 0.3) is 0 Å². The van der Waals surface area contributed by atoms with Gasteiger partial charge in [-0.15, -0.1) is 0 Å². The van der Waals surface area contributed by atoms with Crippen molar-refractivity contribution >= 4 is 12.0 Å². The summed E-state index contributed by atoms with van der Waals surface area (Å²) in [5.74, 6) is 0.0540. The Bertz CT molecular complexity index is 775. The maximum absolute atomic E-state index is 13.0. The number of alkyl carbamates (subject to hydrolysis) is 1. The van der Waals surface area contributed by atoms with Crippen molar-refractivity contribution in [2.45, 2.75) is 63.3 Å². The number of ether oxygens (including phenoxy) is 1. The first-order valence-corrected chi connectivity index (χ1v) is 9.51. The Morgan fingerprint density at radius 1 is 1.04 bits per heavy atom. The van der Waals surface area contributed by atoms with E-state index in [0.717, 1.165) is 24.8 Å². The lowest BCUT2D eigenvalue weighted by atomic mass is 9.63. The van der Waals surface area contributed by atoms with E-state index in [0.29, 0.717) is 19.7 Å². The molecular weight excluding hydrogens is 328 g/mol. The van der Waals surface area contributed by atoms with E-state index in [-0.39, 0.29) is 28.4 Å². The van der Waals surface area contributed by atoms with Crippen LogP contribution in [0.4, 0.5) is 4.79 Å². The van der Waals surface area contributed by atoms with E-state index < -0.39 is 0 Å². The number of nitrogens with one attached hydrogen (secondary N) is 1. The summed E-state index contributed by atoms with van der Waals surface area (Å²) >= 11 is 0. The summed E-state index contributed by atoms with van der Waals surface area (Å²) in [7, 11) is 0. The maximum atomic E-state index is 13.0. The van der Waals surface area contributed by atoms with Gasteiger partial charge < -0.3 is 15.0 Å². The van der Waals surface area contributed by atoms with Gasteiger partial charge in [-0.05, 0) is 46.9 Å². The minimum atomic E-state index is -0.374. The van der Waals surface area contributed by atoms with Crippen LogP contribution in [0.1, 0.15) is 68.4 Å². The molecule has 1 N–H and O–H groups in total. The Hall–Kier alpha value is -2.04. The molecule has 0 unspecified atom stereocenters. The molecule has 140 valence electrons. The van der Waals surface area contributed by atoms with Crippen LogP contribution in [0.3, 0.4) is 0 Å². The van der Waals surface area contributed by atoms with Crippen molar-refractivity contribution in [3.05, 3.63) is 34.9 Å². The van der Waals surface area contributed by atoms with Crippen molar-refractivity contribution in [3.8, 4) is 0 Å². The van der Waals surface area contributed by atoms with Crippen LogP contribution >= 0.6 is 0 Å². The van der Waals surface area contributed by atoms with E-state index in [1.54, 1.807) is 0 Å². The molecule has 4 rings (SSSR count). The van der Waals surface area contributed by atoms with Crippen molar-refractivity contribution in [1.29, 1.82) is 0 Å². The van der Waals surface area contributed by atoms with Gasteiger partial charge in [-0.2, -0.15) is 0 Å². The highest BCUT2D eigenvalue weighted by atomic mass is 16.6. The minimum Gasteiger partial charge on any atom is -0.449 e. The van der Waals surface area contributed by atoms with Crippen LogP contribution in [0.15, 0.2) is 18.2 Å². The van der Waals surface area contributed by atoms with Gasteiger partial charge in [0.25, 0.3) is 5.91 Å². The Kier molecular flexibility index (Phi) is 3.66. The van der Waals surface area contributed by atoms with Crippen molar-refractivity contribution in [3.63, 3.8) is 0 Å². The molecule has 3 aliphatic rings. The van der Waals surface area contributed by atoms with E-state index in [9.17, 15) is 9.59 Å². The molecule has 26 heavy (non-hydrogen) atoms. The zero-order valence-electron chi connectivity index (χ0n) is 16.1. The molecule has 1 aliphatic carbocycles. The van der Waals surface area contributed by atoms with Gasteiger partial charge in [-0.25, -0.2) is 4.79 Å². The molecule has 0 bridgehead atoms. The van der Waals surface area contributed by atoms with E-state index in [4.69, 9.17) is 4.74 Å². The van der Waals surface area contributed by atoms with Crippen LogP contribution in [0.2, 0.25) is 0 Å². The standard InChI is InChI=1S/C21H28N2O3/c1-19(2)7-8-20(3,4)16-11-14(5-6-15(16)19)17(24)23-12-21(13-23)9-10-26-18(25)22-21/h5-6,11H,7-10,12-13H2,1-4H3,(H,22,25). The quantitative estimate of drug-likeness (QED) is 0.839. The molecule has 0 aromatic heterocycles. The lowest BCUT2D eigenvalue weighted by Gasteiger charge is -2.51. The normalized spacial score (nSPS) is 24.9. The van der Waals surface area contributed by atoms with Crippen molar-refractivity contribution < 1.29 is 14.3 Å². The predicted octanol–water partition coefficient (Wildman–Crippen LogP) is 3.36. The third-order valence-electron chi connectivity index (χ3n) is 6.56. The second-order valence-corrected chi connectivity index (χ2v) is 9.48. The molecule has 2 heterocycles. The fourth-order valence-electron chi connectivity index (χ4n) is 4.62. The van der Waals surface area contributed by atoms with Crippen molar-refractivity contribution in [1.82, 2.24) is 10.2 Å². The van der Waals surface area contributed by atoms with Gasteiger partial charge >= 0.3 is 6.09 Å². The molecule has 1 aromatic carbocycles. The van der Waals surface area contributed by atoms with Crippen molar-refractivity contribution in [2.75, 3.05) is 19.7 Å². The van der Waals surface area contributed by atoms with Gasteiger partial charge in [-0.3, -0.25) is 4.79 Å². The number of carbonyl (C=O) groups excluding carboxylic acids is 2. The highest BCUT2D eigenvalue weighted by Crippen LogP contribution is 2.46. The number of cyclic esters (lactones) is 1. The monoisotopic (exact) mass is 356 g/mol. The number of rotatable bonds is 1. The van der Waals surface area contributed by atoms with Crippen LogP contribution < -0.4 is 5.32 Å². The molecular formula is C21H28N2O3. The number of benzene rings is 1. The summed E-state index contributed by atoms with van der Waals surface area (Å²) in [6.45, 7) is 10.7. The first-order chi connectivity index (χ1) is 12.1. The van der Waals surface area contributed by atoms with Gasteiger partial charge in [0.2, 0.25) is 0 Å². The van der Waals surface area contributed by atoms with Gasteiger partial charge in [0.1, 0.15) is 0 Å². The number of carbonyl (C=O) groups is 2. The number of hydrogen-bond acceptors (Lipinski definition) is 3. The summed E-state index contributed by atoms with van der Waals surface area (Å²) in [5, 5.41) is 2.88. The van der Waals surface area contributed by atoms with Crippen molar-refractivity contribution in [2.24, 2.45) is 0 Å². The summed E-state index contributed by atoms with van der Waals surface area (Å²) in [6.07, 6.45) is 2.68. The summed E-state index contributed by atoms with van der Waals surface area (Å²) in [6, 6.07) is 6.22. The maximum Gasteiger partial charge on any atom is 0.407 e. The molecule has 2 fully saturated rings. The number of nitrogens with zero attached hydrogens (tertiary/aromatic N) is 1. The van der Waals surface area contributed by atoms with E-state index in [1.807, 2.05) is 11.0 Å². The zero-order chi connectivity index (χ0) is 18.7. The third-order valence-corrected chi connectivity index (χ3v) is 6.56. The molecule has 2 aliphatic heterocycles. The third kappa shape index (κ3) is 2.68. The van der Waals surface area contributed by atoms with E-state index in [1.165, 1.54) is 11.1 Å². The van der Waals surface area contributed by atoms with Crippen LogP contribution in [0, 0.1) is 0 Å². The Morgan fingerprint density at radius 2 is 1.69 bits per heavy atom. The topological polar surface area (TPSA) is 58.6 Å². The molecule has 0 saturated carbocycles. The predicted molar refractivity (Wildman–Crippen MR) is 99.5 cm³/mol. The average Bonchev–Trinajstić information content (AvgIpc) is 2.56. The number of amides is 2. The summed E-state index contributed by atoms with van der Waals surface area (Å²) in [5.41, 5.74) is 3.37. The molecule has 1 spiro atoms. The average molecular weight is 356 g/mol. The molecule has 5 heteroatoms. The Balaban J connectivity index is 1.56. The summed E-state index contributed by atoms with van der Waals surface area (Å²) < 4.78 is 4.94. The molecule has 0 radical (unpaired) electrons. The fraction of sp³-hybridized carbons (Fsp3) is 0.619. The second kappa shape index (κ2) is 5.48. The molecule has 2 amide bonds. The largest absolute Gasteiger partial charge is 0.449 e.